The number of amides is 3. The predicted octanol–water partition coefficient (Wildman–Crippen LogP) is 6.00. The Hall–Kier alpha value is -2.68. The number of nitrogens with zero attached hydrogens (tertiary/aromatic N) is 2. The number of aryl methyl sites for hydroxylation is 1. The van der Waals surface area contributed by atoms with Crippen molar-refractivity contribution in [2.45, 2.75) is 33.2 Å². The average Bonchev–Trinajstić information content (AvgIpc) is 3.23. The van der Waals surface area contributed by atoms with E-state index in [2.05, 4.69) is 26.1 Å². The molecule has 3 rings (SSSR count). The highest BCUT2D eigenvalue weighted by Gasteiger charge is 2.27. The molecule has 0 saturated carbocycles. The van der Waals surface area contributed by atoms with Crippen molar-refractivity contribution in [3.05, 3.63) is 58.1 Å². The first-order valence-electron chi connectivity index (χ1n) is 10.0. The largest absolute Gasteiger partial charge is 0.326 e. The molecule has 1 heterocycles. The van der Waals surface area contributed by atoms with Crippen LogP contribution in [0.4, 0.5) is 15.6 Å². The van der Waals surface area contributed by atoms with Crippen LogP contribution in [0.2, 0.25) is 10.0 Å². The third-order valence-corrected chi connectivity index (χ3v) is 6.50. The summed E-state index contributed by atoms with van der Waals surface area (Å²) in [4.78, 5) is 25.5. The molecule has 3 N–H and O–H groups in total. The molecule has 3 amide bonds. The van der Waals surface area contributed by atoms with E-state index in [1.807, 2.05) is 39.0 Å². The number of hydrogen-bond acceptors (Lipinski definition) is 5. The van der Waals surface area contributed by atoms with E-state index in [1.165, 1.54) is 11.3 Å². The van der Waals surface area contributed by atoms with Crippen molar-refractivity contribution in [3.8, 4) is 10.6 Å². The fourth-order valence-corrected chi connectivity index (χ4v) is 3.91. The SMILES string of the molecule is CCC(C)C(NC(=O)Nc1ccc(C)c(Cl)c1)C(=O)Nc1nnc(-c2ccc(Cl)cc2)s1. The van der Waals surface area contributed by atoms with Crippen molar-refractivity contribution in [3.63, 3.8) is 0 Å². The lowest BCUT2D eigenvalue weighted by Gasteiger charge is -2.23. The van der Waals surface area contributed by atoms with Crippen LogP contribution in [-0.4, -0.2) is 28.2 Å². The smallest absolute Gasteiger partial charge is 0.319 e. The summed E-state index contributed by atoms with van der Waals surface area (Å²) in [6.45, 7) is 5.72. The standard InChI is InChI=1S/C22H23Cl2N5O2S/c1-4-12(2)18(26-21(31)25-16-10-5-13(3)17(24)11-16)19(30)27-22-29-28-20(32-22)14-6-8-15(23)9-7-14/h5-12,18H,4H2,1-3H3,(H2,25,26,31)(H,27,29,30). The van der Waals surface area contributed by atoms with Gasteiger partial charge in [0.05, 0.1) is 0 Å². The second-order valence-corrected chi connectivity index (χ2v) is 9.16. The molecule has 0 spiro atoms. The van der Waals surface area contributed by atoms with Gasteiger partial charge >= 0.3 is 6.03 Å². The van der Waals surface area contributed by atoms with Gasteiger partial charge in [-0.3, -0.25) is 10.1 Å². The van der Waals surface area contributed by atoms with Crippen molar-refractivity contribution in [2.24, 2.45) is 5.92 Å². The van der Waals surface area contributed by atoms with E-state index in [0.717, 1.165) is 11.1 Å². The normalized spacial score (nSPS) is 12.7. The highest BCUT2D eigenvalue weighted by molar-refractivity contribution is 7.18. The molecule has 0 saturated heterocycles. The third kappa shape index (κ3) is 6.18. The molecule has 2 unspecified atom stereocenters. The number of anilines is 2. The highest BCUT2D eigenvalue weighted by atomic mass is 35.5. The second-order valence-electron chi connectivity index (χ2n) is 7.33. The molecule has 0 bridgehead atoms. The van der Waals surface area contributed by atoms with E-state index in [1.54, 1.807) is 24.3 Å². The molecule has 0 aliphatic carbocycles. The third-order valence-electron chi connectivity index (χ3n) is 4.96. The number of urea groups is 1. The van der Waals surface area contributed by atoms with E-state index >= 15 is 0 Å². The lowest BCUT2D eigenvalue weighted by Crippen LogP contribution is -2.49. The van der Waals surface area contributed by atoms with Gasteiger partial charge in [-0.15, -0.1) is 10.2 Å². The topological polar surface area (TPSA) is 96.0 Å². The van der Waals surface area contributed by atoms with Crippen LogP contribution in [0.15, 0.2) is 42.5 Å². The molecule has 2 aromatic carbocycles. The van der Waals surface area contributed by atoms with Crippen LogP contribution in [0.5, 0.6) is 0 Å². The summed E-state index contributed by atoms with van der Waals surface area (Å²) in [5.74, 6) is -0.471. The summed E-state index contributed by atoms with van der Waals surface area (Å²) in [6.07, 6.45) is 0.695. The van der Waals surface area contributed by atoms with E-state index in [4.69, 9.17) is 23.2 Å². The molecule has 1 aromatic heterocycles. The Morgan fingerprint density at radius 2 is 1.78 bits per heavy atom. The van der Waals surface area contributed by atoms with Crippen molar-refractivity contribution in [1.82, 2.24) is 15.5 Å². The molecule has 10 heteroatoms. The first-order valence-corrected chi connectivity index (χ1v) is 11.6. The maximum atomic E-state index is 12.9. The Labute approximate surface area is 200 Å². The van der Waals surface area contributed by atoms with Crippen LogP contribution < -0.4 is 16.0 Å². The van der Waals surface area contributed by atoms with E-state index in [-0.39, 0.29) is 11.8 Å². The van der Waals surface area contributed by atoms with Gasteiger partial charge in [-0.1, -0.05) is 73.0 Å². The van der Waals surface area contributed by atoms with Gasteiger partial charge in [0.2, 0.25) is 11.0 Å². The molecule has 0 aliphatic heterocycles. The van der Waals surface area contributed by atoms with Gasteiger partial charge in [-0.05, 0) is 42.7 Å². The zero-order valence-electron chi connectivity index (χ0n) is 17.8. The van der Waals surface area contributed by atoms with Crippen LogP contribution >= 0.6 is 34.5 Å². The number of carbonyl (C=O) groups excluding carboxylic acids is 2. The lowest BCUT2D eigenvalue weighted by atomic mass is 9.98. The Morgan fingerprint density at radius 1 is 1.06 bits per heavy atom. The van der Waals surface area contributed by atoms with Gasteiger partial charge < -0.3 is 10.6 Å². The minimum atomic E-state index is -0.760. The minimum absolute atomic E-state index is 0.106. The Bertz CT molecular complexity index is 1100. The minimum Gasteiger partial charge on any atom is -0.326 e. The Balaban J connectivity index is 1.67. The maximum Gasteiger partial charge on any atom is 0.319 e. The average molecular weight is 492 g/mol. The summed E-state index contributed by atoms with van der Waals surface area (Å²) >= 11 is 13.3. The number of nitrogens with one attached hydrogen (secondary N) is 3. The molecule has 32 heavy (non-hydrogen) atoms. The second kappa shape index (κ2) is 10.8. The van der Waals surface area contributed by atoms with Gasteiger partial charge in [0, 0.05) is 21.3 Å². The van der Waals surface area contributed by atoms with Crippen LogP contribution in [-0.2, 0) is 4.79 Å². The van der Waals surface area contributed by atoms with Gasteiger partial charge in [-0.2, -0.15) is 0 Å². The first kappa shape index (κ1) is 24.0. The number of benzene rings is 2. The summed E-state index contributed by atoms with van der Waals surface area (Å²) in [6, 6.07) is 11.2. The van der Waals surface area contributed by atoms with Gasteiger partial charge in [0.25, 0.3) is 0 Å². The molecule has 168 valence electrons. The summed E-state index contributed by atoms with van der Waals surface area (Å²) in [7, 11) is 0. The Kier molecular flexibility index (Phi) is 8.06. The van der Waals surface area contributed by atoms with Crippen LogP contribution in [0.3, 0.4) is 0 Å². The number of aromatic nitrogens is 2. The van der Waals surface area contributed by atoms with Crippen LogP contribution in [0, 0.1) is 12.8 Å². The number of rotatable bonds is 7. The fraction of sp³-hybridized carbons (Fsp3) is 0.273. The van der Waals surface area contributed by atoms with Gasteiger partial charge in [-0.25, -0.2) is 4.79 Å². The number of hydrogen-bond donors (Lipinski definition) is 3. The van der Waals surface area contributed by atoms with Crippen LogP contribution in [0.25, 0.3) is 10.6 Å². The van der Waals surface area contributed by atoms with Crippen molar-refractivity contribution < 1.29 is 9.59 Å². The molecule has 0 radical (unpaired) electrons. The molecule has 0 aliphatic rings. The molecule has 2 atom stereocenters. The summed E-state index contributed by atoms with van der Waals surface area (Å²) in [5.41, 5.74) is 2.29. The summed E-state index contributed by atoms with van der Waals surface area (Å²) in [5, 5.41) is 18.6. The van der Waals surface area contributed by atoms with Crippen LogP contribution in [0.1, 0.15) is 25.8 Å². The number of carbonyl (C=O) groups is 2. The van der Waals surface area contributed by atoms with Crippen molar-refractivity contribution in [1.29, 1.82) is 0 Å². The van der Waals surface area contributed by atoms with E-state index < -0.39 is 12.1 Å². The van der Waals surface area contributed by atoms with Crippen molar-refractivity contribution >= 4 is 57.3 Å². The molecule has 3 aromatic rings. The number of halogens is 2. The van der Waals surface area contributed by atoms with Gasteiger partial charge in [0.1, 0.15) is 11.0 Å². The molecular formula is C22H23Cl2N5O2S. The first-order chi connectivity index (χ1) is 15.3. The highest BCUT2D eigenvalue weighted by Crippen LogP contribution is 2.27. The lowest BCUT2D eigenvalue weighted by molar-refractivity contribution is -0.119. The van der Waals surface area contributed by atoms with Crippen molar-refractivity contribution in [2.75, 3.05) is 10.6 Å². The summed E-state index contributed by atoms with van der Waals surface area (Å²) < 4.78 is 0. The fourth-order valence-electron chi connectivity index (χ4n) is 2.85. The quantitative estimate of drug-likeness (QED) is 0.377. The maximum absolute atomic E-state index is 12.9. The van der Waals surface area contributed by atoms with E-state index in [9.17, 15) is 9.59 Å². The molecule has 7 nitrogen and oxygen atoms in total. The van der Waals surface area contributed by atoms with Gasteiger partial charge in [0.15, 0.2) is 0 Å². The zero-order valence-corrected chi connectivity index (χ0v) is 20.1. The van der Waals surface area contributed by atoms with E-state index in [0.29, 0.717) is 32.3 Å². The Morgan fingerprint density at radius 3 is 2.44 bits per heavy atom. The molecular weight excluding hydrogens is 469 g/mol. The zero-order chi connectivity index (χ0) is 23.3. The predicted molar refractivity (Wildman–Crippen MR) is 131 cm³/mol. The monoisotopic (exact) mass is 491 g/mol. The molecule has 0 fully saturated rings.